The first-order chi connectivity index (χ1) is 9.13. The van der Waals surface area contributed by atoms with Crippen molar-refractivity contribution in [3.8, 4) is 11.5 Å². The van der Waals surface area contributed by atoms with Crippen LogP contribution in [-0.2, 0) is 7.05 Å². The van der Waals surface area contributed by atoms with Crippen LogP contribution in [0.3, 0.4) is 0 Å². The Kier molecular flexibility index (Phi) is 2.87. The molecule has 0 fully saturated rings. The highest BCUT2D eigenvalue weighted by molar-refractivity contribution is 6.29. The fraction of sp³-hybridized carbons (Fsp3) is 0.143. The third-order valence-electron chi connectivity index (χ3n) is 2.94. The van der Waals surface area contributed by atoms with Crippen LogP contribution in [0.15, 0.2) is 36.5 Å². The molecule has 96 valence electrons. The van der Waals surface area contributed by atoms with Crippen molar-refractivity contribution in [3.05, 3.63) is 47.4 Å². The Balaban J connectivity index is 2.00. The van der Waals surface area contributed by atoms with Crippen LogP contribution in [0.1, 0.15) is 5.69 Å². The number of aryl methyl sites for hydroxylation is 2. The molecule has 0 bridgehead atoms. The van der Waals surface area contributed by atoms with Gasteiger partial charge >= 0.3 is 0 Å². The fourth-order valence-electron chi connectivity index (χ4n) is 2.07. The fourth-order valence-corrected chi connectivity index (χ4v) is 2.23. The summed E-state index contributed by atoms with van der Waals surface area (Å²) >= 11 is 5.83. The van der Waals surface area contributed by atoms with Crippen molar-refractivity contribution < 1.29 is 4.74 Å². The largest absolute Gasteiger partial charge is 0.457 e. The van der Waals surface area contributed by atoms with Crippen LogP contribution in [0.4, 0.5) is 0 Å². The molecule has 0 aliphatic carbocycles. The number of aromatic nitrogens is 3. The van der Waals surface area contributed by atoms with Crippen LogP contribution in [-0.4, -0.2) is 14.8 Å². The molecule has 0 saturated carbocycles. The lowest BCUT2D eigenvalue weighted by Gasteiger charge is -2.06. The van der Waals surface area contributed by atoms with Gasteiger partial charge in [-0.3, -0.25) is 4.68 Å². The summed E-state index contributed by atoms with van der Waals surface area (Å²) in [6, 6.07) is 9.34. The number of hydrogen-bond donors (Lipinski definition) is 0. The van der Waals surface area contributed by atoms with E-state index in [0.29, 0.717) is 10.9 Å². The van der Waals surface area contributed by atoms with Gasteiger partial charge in [0.1, 0.15) is 16.7 Å². The van der Waals surface area contributed by atoms with Gasteiger partial charge in [0.2, 0.25) is 0 Å². The minimum atomic E-state index is 0.413. The van der Waals surface area contributed by atoms with Crippen molar-refractivity contribution in [1.82, 2.24) is 14.8 Å². The monoisotopic (exact) mass is 273 g/mol. The molecule has 3 aromatic rings. The van der Waals surface area contributed by atoms with Gasteiger partial charge in [-0.2, -0.15) is 5.10 Å². The van der Waals surface area contributed by atoms with E-state index in [4.69, 9.17) is 16.3 Å². The highest BCUT2D eigenvalue weighted by Crippen LogP contribution is 2.27. The highest BCUT2D eigenvalue weighted by atomic mass is 35.5. The number of halogens is 1. The number of nitrogens with zero attached hydrogens (tertiary/aromatic N) is 3. The first-order valence-corrected chi connectivity index (χ1v) is 6.24. The van der Waals surface area contributed by atoms with Gasteiger partial charge in [0.25, 0.3) is 0 Å². The second-order valence-corrected chi connectivity index (χ2v) is 4.69. The molecule has 5 heteroatoms. The first kappa shape index (κ1) is 12.0. The van der Waals surface area contributed by atoms with E-state index in [2.05, 4.69) is 10.1 Å². The number of pyridine rings is 1. The average molecular weight is 274 g/mol. The Morgan fingerprint density at radius 2 is 1.95 bits per heavy atom. The second kappa shape index (κ2) is 4.55. The van der Waals surface area contributed by atoms with Crippen LogP contribution in [0.5, 0.6) is 11.5 Å². The molecule has 0 radical (unpaired) electrons. The number of rotatable bonds is 2. The van der Waals surface area contributed by atoms with E-state index in [0.717, 1.165) is 22.3 Å². The molecule has 4 nitrogen and oxygen atoms in total. The Hall–Kier alpha value is -2.07. The van der Waals surface area contributed by atoms with Crippen molar-refractivity contribution in [2.75, 3.05) is 0 Å². The molecule has 2 aromatic heterocycles. The standard InChI is InChI=1S/C14H12ClN3O/c1-9-12-7-10(3-4-13(12)18(2)17-9)19-11-5-6-16-14(15)8-11/h3-8H,1-2H3. The van der Waals surface area contributed by atoms with Crippen LogP contribution < -0.4 is 4.74 Å². The zero-order valence-electron chi connectivity index (χ0n) is 10.6. The van der Waals surface area contributed by atoms with Gasteiger partial charge in [-0.05, 0) is 31.2 Å². The van der Waals surface area contributed by atoms with Gasteiger partial charge in [0, 0.05) is 24.7 Å². The van der Waals surface area contributed by atoms with Gasteiger partial charge < -0.3 is 4.74 Å². The molecule has 0 saturated heterocycles. The van der Waals surface area contributed by atoms with Crippen LogP contribution >= 0.6 is 11.6 Å². The Bertz CT molecular complexity index is 752. The topological polar surface area (TPSA) is 39.9 Å². The molecular weight excluding hydrogens is 262 g/mol. The Morgan fingerprint density at radius 1 is 1.16 bits per heavy atom. The predicted octanol–water partition coefficient (Wildman–Crippen LogP) is 3.72. The summed E-state index contributed by atoms with van der Waals surface area (Å²) in [5, 5.41) is 5.88. The predicted molar refractivity (Wildman–Crippen MR) is 74.8 cm³/mol. The minimum absolute atomic E-state index is 0.413. The Labute approximate surface area is 115 Å². The van der Waals surface area contributed by atoms with E-state index >= 15 is 0 Å². The summed E-state index contributed by atoms with van der Waals surface area (Å²) in [6.45, 7) is 1.98. The van der Waals surface area contributed by atoms with Gasteiger partial charge in [-0.25, -0.2) is 4.98 Å². The quantitative estimate of drug-likeness (QED) is 0.668. The van der Waals surface area contributed by atoms with Gasteiger partial charge in [0.05, 0.1) is 11.2 Å². The lowest BCUT2D eigenvalue weighted by molar-refractivity contribution is 0.482. The van der Waals surface area contributed by atoms with Gasteiger partial charge in [-0.15, -0.1) is 0 Å². The van der Waals surface area contributed by atoms with Crippen molar-refractivity contribution in [2.45, 2.75) is 6.92 Å². The van der Waals surface area contributed by atoms with Crippen molar-refractivity contribution in [3.63, 3.8) is 0 Å². The molecule has 0 aliphatic rings. The summed E-state index contributed by atoms with van der Waals surface area (Å²) in [7, 11) is 1.93. The van der Waals surface area contributed by atoms with Crippen LogP contribution in [0, 0.1) is 6.92 Å². The molecular formula is C14H12ClN3O. The molecule has 0 spiro atoms. The van der Waals surface area contributed by atoms with Crippen molar-refractivity contribution in [2.24, 2.45) is 7.05 Å². The number of hydrogen-bond acceptors (Lipinski definition) is 3. The smallest absolute Gasteiger partial charge is 0.132 e. The molecule has 19 heavy (non-hydrogen) atoms. The first-order valence-electron chi connectivity index (χ1n) is 5.86. The van der Waals surface area contributed by atoms with Crippen LogP contribution in [0.2, 0.25) is 5.15 Å². The average Bonchev–Trinajstić information content (AvgIpc) is 2.65. The van der Waals surface area contributed by atoms with Gasteiger partial charge in [-0.1, -0.05) is 11.6 Å². The second-order valence-electron chi connectivity index (χ2n) is 4.30. The number of benzene rings is 1. The molecule has 2 heterocycles. The summed E-state index contributed by atoms with van der Waals surface area (Å²) in [5.41, 5.74) is 2.06. The summed E-state index contributed by atoms with van der Waals surface area (Å²) in [5.74, 6) is 1.42. The molecule has 0 unspecified atom stereocenters. The molecule has 3 rings (SSSR count). The highest BCUT2D eigenvalue weighted by Gasteiger charge is 2.07. The lowest BCUT2D eigenvalue weighted by atomic mass is 10.2. The van der Waals surface area contributed by atoms with E-state index in [9.17, 15) is 0 Å². The number of ether oxygens (including phenoxy) is 1. The van der Waals surface area contributed by atoms with Crippen molar-refractivity contribution in [1.29, 1.82) is 0 Å². The number of fused-ring (bicyclic) bond motifs is 1. The molecule has 0 amide bonds. The SMILES string of the molecule is Cc1nn(C)c2ccc(Oc3ccnc(Cl)c3)cc12. The van der Waals surface area contributed by atoms with Gasteiger partial charge in [0.15, 0.2) is 0 Å². The van der Waals surface area contributed by atoms with E-state index in [1.807, 2.05) is 36.9 Å². The zero-order valence-corrected chi connectivity index (χ0v) is 11.3. The minimum Gasteiger partial charge on any atom is -0.457 e. The third kappa shape index (κ3) is 2.27. The molecule has 1 aromatic carbocycles. The maximum absolute atomic E-state index is 5.83. The van der Waals surface area contributed by atoms with E-state index in [1.54, 1.807) is 18.3 Å². The summed E-state index contributed by atoms with van der Waals surface area (Å²) in [6.07, 6.45) is 1.62. The lowest BCUT2D eigenvalue weighted by Crippen LogP contribution is -1.89. The molecule has 0 atom stereocenters. The summed E-state index contributed by atoms with van der Waals surface area (Å²) < 4.78 is 7.63. The Morgan fingerprint density at radius 3 is 2.74 bits per heavy atom. The van der Waals surface area contributed by atoms with E-state index < -0.39 is 0 Å². The van der Waals surface area contributed by atoms with Crippen LogP contribution in [0.25, 0.3) is 10.9 Å². The molecule has 0 aliphatic heterocycles. The van der Waals surface area contributed by atoms with Crippen molar-refractivity contribution >= 4 is 22.5 Å². The summed E-state index contributed by atoms with van der Waals surface area (Å²) in [4.78, 5) is 3.92. The van der Waals surface area contributed by atoms with E-state index in [-0.39, 0.29) is 0 Å². The normalized spacial score (nSPS) is 10.9. The maximum atomic E-state index is 5.83. The zero-order chi connectivity index (χ0) is 13.4. The maximum Gasteiger partial charge on any atom is 0.132 e. The third-order valence-corrected chi connectivity index (χ3v) is 3.15. The molecule has 0 N–H and O–H groups in total. The van der Waals surface area contributed by atoms with E-state index in [1.165, 1.54) is 0 Å².